The van der Waals surface area contributed by atoms with Gasteiger partial charge in [-0.1, -0.05) is 39.2 Å². The lowest BCUT2D eigenvalue weighted by atomic mass is 10.1. The van der Waals surface area contributed by atoms with Crippen LogP contribution in [0.25, 0.3) is 0 Å². The monoisotopic (exact) mass is 313 g/mol. The van der Waals surface area contributed by atoms with Gasteiger partial charge in [0.05, 0.1) is 11.6 Å². The summed E-state index contributed by atoms with van der Waals surface area (Å²) < 4.78 is 5.71. The van der Waals surface area contributed by atoms with Crippen LogP contribution in [0.3, 0.4) is 0 Å². The van der Waals surface area contributed by atoms with E-state index in [9.17, 15) is 4.79 Å². The van der Waals surface area contributed by atoms with Gasteiger partial charge in [0, 0.05) is 15.7 Å². The zero-order valence-corrected chi connectivity index (χ0v) is 13.6. The normalized spacial score (nSPS) is 12.8. The Hall–Kier alpha value is -2.25. The zero-order chi connectivity index (χ0) is 16.5. The fourth-order valence-corrected chi connectivity index (χ4v) is 2.70. The largest absolute Gasteiger partial charge is 0.478 e. The van der Waals surface area contributed by atoms with Crippen molar-refractivity contribution >= 4 is 18.0 Å². The van der Waals surface area contributed by atoms with Crippen LogP contribution in [0, 0.1) is 11.3 Å². The molecular weight excluding hydrogens is 294 g/mol. The smallest absolute Gasteiger partial charge is 0.180 e. The first-order valence-electron chi connectivity index (χ1n) is 6.83. The molecule has 1 rings (SSSR count). The van der Waals surface area contributed by atoms with Crippen LogP contribution in [0.5, 0.6) is 5.75 Å². The Kier molecular flexibility index (Phi) is 7.21. The fraction of sp³-hybridized carbons (Fsp3) is 0.222. The number of ether oxygens (including phenoxy) is 1. The number of hydrogen-bond donors (Lipinski definition) is 0. The third kappa shape index (κ3) is 4.94. The van der Waals surface area contributed by atoms with Crippen LogP contribution in [0.4, 0.5) is 0 Å². The Bertz CT molecular complexity index is 609. The van der Waals surface area contributed by atoms with Gasteiger partial charge in [-0.15, -0.1) is 11.8 Å². The molecule has 1 aromatic carbocycles. The quantitative estimate of drug-likeness (QED) is 0.531. The number of nitriles is 1. The average Bonchev–Trinajstić information content (AvgIpc) is 2.53. The molecule has 0 fully saturated rings. The van der Waals surface area contributed by atoms with Gasteiger partial charge in [-0.05, 0) is 24.3 Å². The molecule has 0 N–H and O–H groups in total. The van der Waals surface area contributed by atoms with Crippen molar-refractivity contribution in [3.8, 4) is 11.8 Å². The second-order valence-corrected chi connectivity index (χ2v) is 6.32. The van der Waals surface area contributed by atoms with Crippen LogP contribution < -0.4 is 4.74 Å². The molecule has 0 radical (unpaired) electrons. The molecule has 4 heteroatoms. The molecule has 1 aromatic rings. The minimum Gasteiger partial charge on any atom is -0.478 e. The SMILES string of the molecule is C=C/C(SC(C)C)=C(\C=C)C(C=O)Oc1ccc(C#N)cc1. The number of benzene rings is 1. The summed E-state index contributed by atoms with van der Waals surface area (Å²) in [6, 6.07) is 8.66. The standard InChI is InChI=1S/C18H19NO2S/c1-5-16(18(6-2)22-13(3)4)17(12-20)21-15-9-7-14(11-19)8-10-15/h5-10,12-13,17H,1-2H2,3-4H3/b18-16-. The van der Waals surface area contributed by atoms with E-state index in [1.165, 1.54) is 0 Å². The molecule has 0 aliphatic carbocycles. The van der Waals surface area contributed by atoms with Crippen molar-refractivity contribution in [3.05, 3.63) is 65.6 Å². The van der Waals surface area contributed by atoms with Crippen LogP contribution in [-0.4, -0.2) is 17.6 Å². The van der Waals surface area contributed by atoms with Crippen LogP contribution in [0.2, 0.25) is 0 Å². The Morgan fingerprint density at radius 3 is 2.32 bits per heavy atom. The number of aldehydes is 1. The van der Waals surface area contributed by atoms with Gasteiger partial charge in [0.25, 0.3) is 0 Å². The summed E-state index contributed by atoms with van der Waals surface area (Å²) in [6.07, 6.45) is 3.30. The molecule has 1 atom stereocenters. The highest BCUT2D eigenvalue weighted by atomic mass is 32.2. The van der Waals surface area contributed by atoms with Gasteiger partial charge < -0.3 is 4.74 Å². The van der Waals surface area contributed by atoms with Crippen LogP contribution >= 0.6 is 11.8 Å². The van der Waals surface area contributed by atoms with Crippen molar-refractivity contribution in [3.63, 3.8) is 0 Å². The first kappa shape index (κ1) is 17.8. The summed E-state index contributed by atoms with van der Waals surface area (Å²) in [7, 11) is 0. The Labute approximate surface area is 136 Å². The van der Waals surface area contributed by atoms with Crippen molar-refractivity contribution in [1.82, 2.24) is 0 Å². The fourth-order valence-electron chi connectivity index (χ4n) is 1.76. The van der Waals surface area contributed by atoms with E-state index in [1.807, 2.05) is 6.07 Å². The number of hydrogen-bond acceptors (Lipinski definition) is 4. The molecule has 0 bridgehead atoms. The number of allylic oxidation sites excluding steroid dienone is 1. The lowest BCUT2D eigenvalue weighted by Gasteiger charge is -2.18. The topological polar surface area (TPSA) is 50.1 Å². The second kappa shape index (κ2) is 8.91. The number of thioether (sulfide) groups is 1. The molecule has 114 valence electrons. The zero-order valence-electron chi connectivity index (χ0n) is 12.8. The maximum absolute atomic E-state index is 11.4. The molecule has 1 unspecified atom stereocenters. The summed E-state index contributed by atoms with van der Waals surface area (Å²) >= 11 is 1.60. The number of rotatable bonds is 8. The molecule has 0 heterocycles. The van der Waals surface area contributed by atoms with Crippen LogP contribution in [0.15, 0.2) is 60.1 Å². The Morgan fingerprint density at radius 2 is 1.91 bits per heavy atom. The number of carbonyl (C=O) groups is 1. The number of carbonyl (C=O) groups excluding carboxylic acids is 1. The maximum atomic E-state index is 11.4. The third-order valence-corrected chi connectivity index (χ3v) is 3.86. The Balaban J connectivity index is 3.07. The van der Waals surface area contributed by atoms with E-state index >= 15 is 0 Å². The van der Waals surface area contributed by atoms with Gasteiger partial charge in [-0.2, -0.15) is 5.26 Å². The van der Waals surface area contributed by atoms with Gasteiger partial charge in [-0.3, -0.25) is 4.79 Å². The van der Waals surface area contributed by atoms with Gasteiger partial charge >= 0.3 is 0 Å². The van der Waals surface area contributed by atoms with E-state index in [-0.39, 0.29) is 0 Å². The van der Waals surface area contributed by atoms with E-state index in [0.717, 1.165) is 11.2 Å². The molecule has 22 heavy (non-hydrogen) atoms. The van der Waals surface area contributed by atoms with Crippen LogP contribution in [-0.2, 0) is 4.79 Å². The molecule has 0 aliphatic rings. The van der Waals surface area contributed by atoms with Crippen molar-refractivity contribution in [2.45, 2.75) is 25.2 Å². The molecule has 0 saturated heterocycles. The van der Waals surface area contributed by atoms with E-state index in [4.69, 9.17) is 10.00 Å². The minimum atomic E-state index is -0.760. The van der Waals surface area contributed by atoms with E-state index in [1.54, 1.807) is 48.2 Å². The van der Waals surface area contributed by atoms with Gasteiger partial charge in [0.15, 0.2) is 12.4 Å². The molecule has 0 aliphatic heterocycles. The van der Waals surface area contributed by atoms with E-state index < -0.39 is 6.10 Å². The predicted molar refractivity (Wildman–Crippen MR) is 91.8 cm³/mol. The van der Waals surface area contributed by atoms with Crippen LogP contribution in [0.1, 0.15) is 19.4 Å². The Morgan fingerprint density at radius 1 is 1.27 bits per heavy atom. The van der Waals surface area contributed by atoms with Crippen molar-refractivity contribution < 1.29 is 9.53 Å². The maximum Gasteiger partial charge on any atom is 0.180 e. The lowest BCUT2D eigenvalue weighted by molar-refractivity contribution is -0.112. The van der Waals surface area contributed by atoms with Crippen molar-refractivity contribution in [1.29, 1.82) is 5.26 Å². The van der Waals surface area contributed by atoms with Crippen molar-refractivity contribution in [2.75, 3.05) is 0 Å². The summed E-state index contributed by atoms with van der Waals surface area (Å²) in [5.74, 6) is 0.522. The van der Waals surface area contributed by atoms with Gasteiger partial charge in [-0.25, -0.2) is 0 Å². The molecule has 0 aromatic heterocycles. The predicted octanol–water partition coefficient (Wildman–Crippen LogP) is 4.27. The highest BCUT2D eigenvalue weighted by molar-refractivity contribution is 8.03. The summed E-state index contributed by atoms with van der Waals surface area (Å²) in [6.45, 7) is 11.7. The molecule has 0 amide bonds. The van der Waals surface area contributed by atoms with Gasteiger partial charge in [0.2, 0.25) is 0 Å². The first-order valence-corrected chi connectivity index (χ1v) is 7.71. The summed E-state index contributed by atoms with van der Waals surface area (Å²) in [4.78, 5) is 12.3. The van der Waals surface area contributed by atoms with Gasteiger partial charge in [0.1, 0.15) is 5.75 Å². The third-order valence-electron chi connectivity index (χ3n) is 2.73. The highest BCUT2D eigenvalue weighted by Gasteiger charge is 2.17. The minimum absolute atomic E-state index is 0.352. The van der Waals surface area contributed by atoms with Crippen molar-refractivity contribution in [2.24, 2.45) is 0 Å². The van der Waals surface area contributed by atoms with E-state index in [0.29, 0.717) is 22.1 Å². The molecule has 0 spiro atoms. The molecule has 0 saturated carbocycles. The summed E-state index contributed by atoms with van der Waals surface area (Å²) in [5, 5.41) is 9.14. The van der Waals surface area contributed by atoms with E-state index in [2.05, 4.69) is 27.0 Å². The molecule has 3 nitrogen and oxygen atoms in total. The number of nitrogens with zero attached hydrogens (tertiary/aromatic N) is 1. The first-order chi connectivity index (χ1) is 10.5. The highest BCUT2D eigenvalue weighted by Crippen LogP contribution is 2.28. The lowest BCUT2D eigenvalue weighted by Crippen LogP contribution is -2.21. The average molecular weight is 313 g/mol. The second-order valence-electron chi connectivity index (χ2n) is 4.71. The molecular formula is C18H19NO2S. The summed E-state index contributed by atoms with van der Waals surface area (Å²) in [5.41, 5.74) is 1.23.